The number of primary amides is 1. The molecule has 0 spiro atoms. The van der Waals surface area contributed by atoms with Gasteiger partial charge in [0, 0.05) is 32.4 Å². The van der Waals surface area contributed by atoms with E-state index < -0.39 is 25.8 Å². The van der Waals surface area contributed by atoms with E-state index in [1.54, 1.807) is 11.8 Å². The first-order chi connectivity index (χ1) is 11.0. The summed E-state index contributed by atoms with van der Waals surface area (Å²) >= 11 is 0. The van der Waals surface area contributed by atoms with Gasteiger partial charge >= 0.3 is 0 Å². The van der Waals surface area contributed by atoms with Crippen molar-refractivity contribution in [2.45, 2.75) is 16.7 Å². The minimum Gasteiger partial charge on any atom is -0.369 e. The number of sulfone groups is 1. The summed E-state index contributed by atoms with van der Waals surface area (Å²) in [4.78, 5) is 12.7. The summed E-state index contributed by atoms with van der Waals surface area (Å²) in [5.41, 5.74) is 5.63. The number of amides is 1. The second-order valence-corrected chi connectivity index (χ2v) is 9.77. The van der Waals surface area contributed by atoms with Gasteiger partial charge in [0.15, 0.2) is 9.84 Å². The summed E-state index contributed by atoms with van der Waals surface area (Å²) in [5, 5.41) is 0. The molecule has 0 radical (unpaired) electrons. The van der Waals surface area contributed by atoms with Crippen LogP contribution in [0.2, 0.25) is 0 Å². The summed E-state index contributed by atoms with van der Waals surface area (Å²) in [6.07, 6.45) is 1.04. The highest BCUT2D eigenvalue weighted by Crippen LogP contribution is 2.24. The zero-order chi connectivity index (χ0) is 18.1. The van der Waals surface area contributed by atoms with Crippen LogP contribution in [0.15, 0.2) is 28.0 Å². The van der Waals surface area contributed by atoms with Crippen molar-refractivity contribution in [2.75, 3.05) is 39.0 Å². The van der Waals surface area contributed by atoms with Gasteiger partial charge in [-0.1, -0.05) is 6.07 Å². The van der Waals surface area contributed by atoms with E-state index in [1.807, 2.05) is 0 Å². The van der Waals surface area contributed by atoms with Crippen molar-refractivity contribution in [3.63, 3.8) is 0 Å². The van der Waals surface area contributed by atoms with Crippen LogP contribution in [0.25, 0.3) is 0 Å². The zero-order valence-electron chi connectivity index (χ0n) is 13.6. The zero-order valence-corrected chi connectivity index (χ0v) is 15.2. The number of nitrogens with two attached hydrogens (primary N) is 1. The molecule has 2 N–H and O–H groups in total. The first kappa shape index (κ1) is 18.8. The highest BCUT2D eigenvalue weighted by Gasteiger charge is 2.30. The lowest BCUT2D eigenvalue weighted by atomic mass is 10.2. The number of hydrogen-bond acceptors (Lipinski definition) is 6. The molecular formula is C14H21N3O5S2. The van der Waals surface area contributed by atoms with Crippen LogP contribution in [-0.4, -0.2) is 70.9 Å². The third kappa shape index (κ3) is 4.12. The number of carbonyl (C=O) groups is 1. The minimum atomic E-state index is -3.80. The van der Waals surface area contributed by atoms with Crippen LogP contribution in [-0.2, 0) is 24.7 Å². The molecule has 1 aromatic rings. The summed E-state index contributed by atoms with van der Waals surface area (Å²) in [7, 11) is -7.30. The number of benzene rings is 1. The van der Waals surface area contributed by atoms with Gasteiger partial charge in [-0.3, -0.25) is 9.69 Å². The number of rotatable bonds is 5. The van der Waals surface area contributed by atoms with Gasteiger partial charge in [0.05, 0.1) is 16.3 Å². The third-order valence-electron chi connectivity index (χ3n) is 3.92. The van der Waals surface area contributed by atoms with E-state index >= 15 is 0 Å². The number of aryl methyl sites for hydroxylation is 1. The molecule has 0 bridgehead atoms. The standard InChI is InChI=1S/C14H21N3O5S2/c1-11-3-4-12(23(2,19)20)9-13(11)24(21,22)17-7-5-16(6-8-17)10-14(15)18/h3-4,9H,5-8,10H2,1-2H3,(H2,15,18). The van der Waals surface area contributed by atoms with Gasteiger partial charge < -0.3 is 5.73 Å². The lowest BCUT2D eigenvalue weighted by Gasteiger charge is -2.33. The molecule has 1 aliphatic rings. The molecule has 0 aliphatic carbocycles. The van der Waals surface area contributed by atoms with Crippen molar-refractivity contribution in [3.8, 4) is 0 Å². The monoisotopic (exact) mass is 375 g/mol. The maximum Gasteiger partial charge on any atom is 0.243 e. The Morgan fingerprint density at radius 2 is 1.71 bits per heavy atom. The lowest BCUT2D eigenvalue weighted by molar-refractivity contribution is -0.119. The Morgan fingerprint density at radius 3 is 2.21 bits per heavy atom. The quantitative estimate of drug-likeness (QED) is 0.719. The number of carbonyl (C=O) groups excluding carboxylic acids is 1. The highest BCUT2D eigenvalue weighted by molar-refractivity contribution is 7.91. The van der Waals surface area contributed by atoms with Crippen molar-refractivity contribution >= 4 is 25.8 Å². The van der Waals surface area contributed by atoms with Crippen LogP contribution in [0, 0.1) is 6.92 Å². The third-order valence-corrected chi connectivity index (χ3v) is 7.07. The molecule has 1 fully saturated rings. The van der Waals surface area contributed by atoms with E-state index in [9.17, 15) is 21.6 Å². The molecule has 1 amide bonds. The fourth-order valence-corrected chi connectivity index (χ4v) is 4.97. The average molecular weight is 375 g/mol. The van der Waals surface area contributed by atoms with Crippen LogP contribution >= 0.6 is 0 Å². The van der Waals surface area contributed by atoms with Gasteiger partial charge in [0.2, 0.25) is 15.9 Å². The fraction of sp³-hybridized carbons (Fsp3) is 0.500. The Hall–Kier alpha value is -1.49. The van der Waals surface area contributed by atoms with Crippen LogP contribution in [0.1, 0.15) is 5.56 Å². The molecule has 1 saturated heterocycles. The Bertz CT molecular complexity index is 841. The minimum absolute atomic E-state index is 0.00576. The molecule has 0 atom stereocenters. The normalized spacial score (nSPS) is 17.8. The Kier molecular flexibility index (Phi) is 5.33. The molecule has 24 heavy (non-hydrogen) atoms. The largest absolute Gasteiger partial charge is 0.369 e. The maximum atomic E-state index is 12.8. The second kappa shape index (κ2) is 6.79. The van der Waals surface area contributed by atoms with Crippen LogP contribution in [0.5, 0.6) is 0 Å². The van der Waals surface area contributed by atoms with Gasteiger partial charge in [0.1, 0.15) is 0 Å². The molecule has 0 aromatic heterocycles. The van der Waals surface area contributed by atoms with Crippen molar-refractivity contribution in [2.24, 2.45) is 5.73 Å². The Balaban J connectivity index is 2.27. The average Bonchev–Trinajstić information content (AvgIpc) is 2.46. The van der Waals surface area contributed by atoms with Gasteiger partial charge in [-0.15, -0.1) is 0 Å². The molecule has 134 valence electrons. The molecule has 10 heteroatoms. The van der Waals surface area contributed by atoms with E-state index in [4.69, 9.17) is 5.73 Å². The number of sulfonamides is 1. The lowest BCUT2D eigenvalue weighted by Crippen LogP contribution is -2.50. The van der Waals surface area contributed by atoms with Gasteiger partial charge in [-0.25, -0.2) is 16.8 Å². The van der Waals surface area contributed by atoms with Crippen molar-refractivity contribution in [1.82, 2.24) is 9.21 Å². The summed E-state index contributed by atoms with van der Waals surface area (Å²) in [5.74, 6) is -0.456. The summed E-state index contributed by atoms with van der Waals surface area (Å²) in [6, 6.07) is 4.09. The Morgan fingerprint density at radius 1 is 1.12 bits per heavy atom. The molecule has 8 nitrogen and oxygen atoms in total. The maximum absolute atomic E-state index is 12.8. The molecule has 0 unspecified atom stereocenters. The molecule has 1 aromatic carbocycles. The number of nitrogens with zero attached hydrogens (tertiary/aromatic N) is 2. The Labute approximate surface area is 142 Å². The predicted octanol–water partition coefficient (Wildman–Crippen LogP) is -0.810. The van der Waals surface area contributed by atoms with Gasteiger partial charge in [-0.2, -0.15) is 4.31 Å². The smallest absolute Gasteiger partial charge is 0.243 e. The van der Waals surface area contributed by atoms with Crippen molar-refractivity contribution in [1.29, 1.82) is 0 Å². The molecule has 2 rings (SSSR count). The predicted molar refractivity (Wildman–Crippen MR) is 88.7 cm³/mol. The van der Waals surface area contributed by atoms with Crippen LogP contribution in [0.4, 0.5) is 0 Å². The molecular weight excluding hydrogens is 354 g/mol. The van der Waals surface area contributed by atoms with E-state index in [2.05, 4.69) is 0 Å². The van der Waals surface area contributed by atoms with Crippen molar-refractivity contribution in [3.05, 3.63) is 23.8 Å². The first-order valence-corrected chi connectivity index (χ1v) is 10.7. The summed E-state index contributed by atoms with van der Waals surface area (Å²) in [6.45, 7) is 2.95. The topological polar surface area (TPSA) is 118 Å². The van der Waals surface area contributed by atoms with Gasteiger partial charge in [0.25, 0.3) is 0 Å². The fourth-order valence-electron chi connectivity index (χ4n) is 2.58. The van der Waals surface area contributed by atoms with E-state index in [0.717, 1.165) is 6.26 Å². The number of piperazine rings is 1. The SMILES string of the molecule is Cc1ccc(S(C)(=O)=O)cc1S(=O)(=O)N1CCN(CC(N)=O)CC1. The van der Waals surface area contributed by atoms with E-state index in [0.29, 0.717) is 18.7 Å². The van der Waals surface area contributed by atoms with Crippen LogP contribution in [0.3, 0.4) is 0 Å². The summed E-state index contributed by atoms with van der Waals surface area (Å²) < 4.78 is 50.4. The highest BCUT2D eigenvalue weighted by atomic mass is 32.2. The van der Waals surface area contributed by atoms with E-state index in [1.165, 1.54) is 22.5 Å². The molecule has 1 aliphatic heterocycles. The number of hydrogen-bond donors (Lipinski definition) is 1. The first-order valence-electron chi connectivity index (χ1n) is 7.33. The van der Waals surface area contributed by atoms with Crippen LogP contribution < -0.4 is 5.73 Å². The molecule has 1 heterocycles. The van der Waals surface area contributed by atoms with Crippen molar-refractivity contribution < 1.29 is 21.6 Å². The second-order valence-electron chi connectivity index (χ2n) is 5.85. The van der Waals surface area contributed by atoms with Gasteiger partial charge in [-0.05, 0) is 24.6 Å². The van der Waals surface area contributed by atoms with E-state index in [-0.39, 0.29) is 29.4 Å². The molecule has 0 saturated carbocycles.